The van der Waals surface area contributed by atoms with Crippen molar-refractivity contribution in [2.45, 2.75) is 31.2 Å². The Kier molecular flexibility index (Phi) is 5.69. The molecule has 0 radical (unpaired) electrons. The molecule has 0 aliphatic rings. The third-order valence-corrected chi connectivity index (χ3v) is 6.48. The molecule has 154 valence electrons. The molecule has 0 aliphatic heterocycles. The van der Waals surface area contributed by atoms with E-state index in [0.29, 0.717) is 37.6 Å². The number of aromatic nitrogens is 4. The van der Waals surface area contributed by atoms with Crippen molar-refractivity contribution in [1.29, 1.82) is 0 Å². The summed E-state index contributed by atoms with van der Waals surface area (Å²) < 4.78 is 10.8. The summed E-state index contributed by atoms with van der Waals surface area (Å²) >= 11 is 2.45. The van der Waals surface area contributed by atoms with Gasteiger partial charge in [-0.3, -0.25) is 4.79 Å². The molecule has 0 amide bonds. The van der Waals surface area contributed by atoms with E-state index in [4.69, 9.17) is 9.15 Å². The van der Waals surface area contributed by atoms with Crippen molar-refractivity contribution in [1.82, 2.24) is 20.2 Å². The number of carbonyl (C=O) groups is 1. The highest BCUT2D eigenvalue weighted by Crippen LogP contribution is 2.35. The lowest BCUT2D eigenvalue weighted by Gasteiger charge is -2.07. The van der Waals surface area contributed by atoms with Gasteiger partial charge in [-0.05, 0) is 38.5 Å². The fourth-order valence-corrected chi connectivity index (χ4v) is 4.73. The highest BCUT2D eigenvalue weighted by atomic mass is 32.2. The quantitative estimate of drug-likeness (QED) is 0.346. The van der Waals surface area contributed by atoms with Crippen LogP contribution >= 0.6 is 23.1 Å². The predicted octanol–water partition coefficient (Wildman–Crippen LogP) is 4.37. The van der Waals surface area contributed by atoms with E-state index in [1.807, 2.05) is 37.3 Å². The van der Waals surface area contributed by atoms with Crippen molar-refractivity contribution < 1.29 is 13.9 Å². The Hall–Kier alpha value is -2.98. The molecular weight excluding hydrogens is 424 g/mol. The van der Waals surface area contributed by atoms with Crippen LogP contribution in [0, 0.1) is 6.92 Å². The molecule has 1 N–H and O–H groups in total. The molecule has 1 unspecified atom stereocenters. The second-order valence-corrected chi connectivity index (χ2v) is 8.70. The minimum absolute atomic E-state index is 0.250. The minimum Gasteiger partial charge on any atom is -0.462 e. The predicted molar refractivity (Wildman–Crippen MR) is 115 cm³/mol. The maximum Gasteiger partial charge on any atom is 0.348 e. The van der Waals surface area contributed by atoms with Gasteiger partial charge in [-0.1, -0.05) is 30.0 Å². The molecule has 3 heterocycles. The number of aromatic amines is 1. The van der Waals surface area contributed by atoms with Crippen LogP contribution in [0.3, 0.4) is 0 Å². The Morgan fingerprint density at radius 2 is 2.07 bits per heavy atom. The number of benzene rings is 1. The summed E-state index contributed by atoms with van der Waals surface area (Å²) in [6.45, 7) is 5.62. The average molecular weight is 443 g/mol. The molecule has 0 spiro atoms. The summed E-state index contributed by atoms with van der Waals surface area (Å²) in [6.07, 6.45) is 0. The molecule has 1 atom stereocenters. The lowest BCUT2D eigenvalue weighted by Crippen LogP contribution is -2.12. The van der Waals surface area contributed by atoms with Crippen LogP contribution < -0.4 is 5.56 Å². The molecule has 1 aromatic carbocycles. The number of aryl methyl sites for hydroxylation is 1. The third kappa shape index (κ3) is 3.88. The first-order chi connectivity index (χ1) is 14.5. The summed E-state index contributed by atoms with van der Waals surface area (Å²) in [5.41, 5.74) is 1.12. The number of fused-ring (bicyclic) bond motifs is 1. The van der Waals surface area contributed by atoms with E-state index in [1.54, 1.807) is 13.8 Å². The highest BCUT2D eigenvalue weighted by Gasteiger charge is 2.22. The van der Waals surface area contributed by atoms with Crippen LogP contribution in [-0.4, -0.2) is 32.7 Å². The first kappa shape index (κ1) is 20.3. The van der Waals surface area contributed by atoms with Gasteiger partial charge in [0.05, 0.1) is 17.2 Å². The number of esters is 1. The monoisotopic (exact) mass is 442 g/mol. The van der Waals surface area contributed by atoms with E-state index in [9.17, 15) is 9.59 Å². The summed E-state index contributed by atoms with van der Waals surface area (Å²) in [6, 6.07) is 9.48. The Morgan fingerprint density at radius 3 is 2.80 bits per heavy atom. The van der Waals surface area contributed by atoms with Crippen LogP contribution in [0.15, 0.2) is 44.8 Å². The molecule has 3 aromatic heterocycles. The molecule has 30 heavy (non-hydrogen) atoms. The number of nitrogens with zero attached hydrogens (tertiary/aromatic N) is 3. The number of rotatable bonds is 6. The van der Waals surface area contributed by atoms with E-state index in [1.165, 1.54) is 11.8 Å². The summed E-state index contributed by atoms with van der Waals surface area (Å²) in [7, 11) is 0. The Balaban J connectivity index is 1.61. The van der Waals surface area contributed by atoms with Crippen molar-refractivity contribution in [3.8, 4) is 11.5 Å². The SMILES string of the molecule is CCOC(=O)c1sc2nc(C(C)Sc3nnc(-c4ccccc4)o3)[nH]c(=O)c2c1C. The molecule has 4 rings (SSSR count). The van der Waals surface area contributed by atoms with Crippen LogP contribution in [0.25, 0.3) is 21.7 Å². The van der Waals surface area contributed by atoms with E-state index >= 15 is 0 Å². The second-order valence-electron chi connectivity index (χ2n) is 6.41. The van der Waals surface area contributed by atoms with Gasteiger partial charge in [0.2, 0.25) is 5.89 Å². The van der Waals surface area contributed by atoms with Crippen molar-refractivity contribution in [3.63, 3.8) is 0 Å². The Bertz CT molecular complexity index is 1260. The second kappa shape index (κ2) is 8.41. The van der Waals surface area contributed by atoms with Gasteiger partial charge in [-0.15, -0.1) is 21.5 Å². The van der Waals surface area contributed by atoms with Crippen molar-refractivity contribution in [2.24, 2.45) is 0 Å². The lowest BCUT2D eigenvalue weighted by molar-refractivity contribution is 0.0531. The molecule has 0 bridgehead atoms. The number of ether oxygens (including phenoxy) is 1. The Morgan fingerprint density at radius 1 is 1.30 bits per heavy atom. The first-order valence-corrected chi connectivity index (χ1v) is 10.9. The molecule has 4 aromatic rings. The van der Waals surface area contributed by atoms with Crippen LogP contribution in [0.4, 0.5) is 0 Å². The molecule has 10 heteroatoms. The molecule has 0 fully saturated rings. The van der Waals surface area contributed by atoms with Gasteiger partial charge in [0, 0.05) is 5.56 Å². The fourth-order valence-electron chi connectivity index (χ4n) is 2.91. The van der Waals surface area contributed by atoms with Gasteiger partial charge < -0.3 is 14.1 Å². The Labute approximate surface area is 179 Å². The molecule has 0 saturated carbocycles. The summed E-state index contributed by atoms with van der Waals surface area (Å²) in [5.74, 6) is 0.449. The smallest absolute Gasteiger partial charge is 0.348 e. The van der Waals surface area contributed by atoms with Crippen LogP contribution in [0.5, 0.6) is 0 Å². The molecular formula is C20H18N4O4S2. The van der Waals surface area contributed by atoms with Gasteiger partial charge >= 0.3 is 5.97 Å². The summed E-state index contributed by atoms with van der Waals surface area (Å²) in [5, 5.41) is 8.68. The average Bonchev–Trinajstić information content (AvgIpc) is 3.33. The van der Waals surface area contributed by atoms with Crippen LogP contribution in [0.2, 0.25) is 0 Å². The largest absolute Gasteiger partial charge is 0.462 e. The number of hydrogen-bond donors (Lipinski definition) is 1. The van der Waals surface area contributed by atoms with Gasteiger partial charge in [-0.25, -0.2) is 9.78 Å². The van der Waals surface area contributed by atoms with E-state index in [2.05, 4.69) is 20.2 Å². The highest BCUT2D eigenvalue weighted by molar-refractivity contribution is 7.99. The standard InChI is InChI=1S/C20H18N4O4S2/c1-4-27-19(26)14-10(2)13-16(25)21-15(22-18(13)30-14)11(3)29-20-24-23-17(28-20)12-8-6-5-7-9-12/h5-9,11H,4H2,1-3H3,(H,21,22,25). The van der Waals surface area contributed by atoms with Gasteiger partial charge in [-0.2, -0.15) is 0 Å². The lowest BCUT2D eigenvalue weighted by atomic mass is 10.2. The maximum atomic E-state index is 12.7. The van der Waals surface area contributed by atoms with Crippen molar-refractivity contribution >= 4 is 39.3 Å². The third-order valence-electron chi connectivity index (χ3n) is 4.37. The molecule has 0 aliphatic carbocycles. The van der Waals surface area contributed by atoms with E-state index in [0.717, 1.165) is 16.9 Å². The number of hydrogen-bond acceptors (Lipinski definition) is 9. The number of thioether (sulfide) groups is 1. The van der Waals surface area contributed by atoms with Crippen molar-refractivity contribution in [2.75, 3.05) is 6.61 Å². The number of H-pyrrole nitrogens is 1. The maximum absolute atomic E-state index is 12.7. The molecule has 8 nitrogen and oxygen atoms in total. The number of nitrogens with one attached hydrogen (secondary N) is 1. The van der Waals surface area contributed by atoms with Crippen LogP contribution in [-0.2, 0) is 4.74 Å². The zero-order chi connectivity index (χ0) is 21.3. The van der Waals surface area contributed by atoms with E-state index < -0.39 is 5.97 Å². The van der Waals surface area contributed by atoms with Gasteiger partial charge in [0.25, 0.3) is 10.8 Å². The summed E-state index contributed by atoms with van der Waals surface area (Å²) in [4.78, 5) is 33.1. The number of carbonyl (C=O) groups excluding carboxylic acids is 1. The first-order valence-electron chi connectivity index (χ1n) is 9.24. The van der Waals surface area contributed by atoms with Crippen LogP contribution in [0.1, 0.15) is 40.2 Å². The van der Waals surface area contributed by atoms with Gasteiger partial charge in [0.15, 0.2) is 0 Å². The fraction of sp³-hybridized carbons (Fsp3) is 0.250. The van der Waals surface area contributed by atoms with E-state index in [-0.39, 0.29) is 17.4 Å². The van der Waals surface area contributed by atoms with Crippen molar-refractivity contribution in [3.05, 3.63) is 57.0 Å². The number of thiophene rings is 1. The topological polar surface area (TPSA) is 111 Å². The zero-order valence-electron chi connectivity index (χ0n) is 16.5. The zero-order valence-corrected chi connectivity index (χ0v) is 18.1. The molecule has 0 saturated heterocycles. The minimum atomic E-state index is -0.444. The normalized spacial score (nSPS) is 12.2. The van der Waals surface area contributed by atoms with Gasteiger partial charge in [0.1, 0.15) is 15.5 Å².